The van der Waals surface area contributed by atoms with Gasteiger partial charge in [0.25, 0.3) is 0 Å². The molecule has 0 spiro atoms. The Balaban J connectivity index is 0.000000519. The quantitative estimate of drug-likeness (QED) is 0.530. The van der Waals surface area contributed by atoms with E-state index in [0.717, 1.165) is 57.9 Å². The Labute approximate surface area is 162 Å². The van der Waals surface area contributed by atoms with E-state index in [2.05, 4.69) is 47.6 Å². The lowest BCUT2D eigenvalue weighted by Crippen LogP contribution is -2.30. The smallest absolute Gasteiger partial charge is 0.127 e. The van der Waals surface area contributed by atoms with E-state index in [1.54, 1.807) is 6.92 Å². The molecule has 0 aromatic heterocycles. The van der Waals surface area contributed by atoms with Crippen molar-refractivity contribution in [3.8, 4) is 5.75 Å². The highest BCUT2D eigenvalue weighted by Crippen LogP contribution is 2.12. The molecule has 0 heterocycles. The molecule has 0 saturated carbocycles. The molecule has 0 bridgehead atoms. The second kappa shape index (κ2) is 16.2. The maximum Gasteiger partial charge on any atom is 0.127 e. The van der Waals surface area contributed by atoms with Gasteiger partial charge in [0, 0.05) is 32.8 Å². The fourth-order valence-corrected chi connectivity index (χ4v) is 2.31. The third-order valence-corrected chi connectivity index (χ3v) is 3.55. The molecule has 0 unspecified atom stereocenters. The molecule has 6 heteroatoms. The van der Waals surface area contributed by atoms with E-state index >= 15 is 0 Å². The first kappa shape index (κ1) is 25.0. The van der Waals surface area contributed by atoms with Crippen LogP contribution in [0.25, 0.3) is 0 Å². The summed E-state index contributed by atoms with van der Waals surface area (Å²) in [6.07, 6.45) is 1.06. The number of hydrogen-bond acceptors (Lipinski definition) is 5. The monoisotopic (exact) mass is 379 g/mol. The molecular formula is C21H34FN3O2. The summed E-state index contributed by atoms with van der Waals surface area (Å²) in [5, 5.41) is 19.1. The number of phenols is 1. The van der Waals surface area contributed by atoms with Gasteiger partial charge in [-0.2, -0.15) is 0 Å². The summed E-state index contributed by atoms with van der Waals surface area (Å²) >= 11 is 0. The van der Waals surface area contributed by atoms with Crippen LogP contribution in [0.4, 0.5) is 4.39 Å². The number of aryl methyl sites for hydroxylation is 1. The number of phenolic OH excluding ortho intramolecular Hbond substituents is 1. The Bertz CT molecular complexity index is 547. The highest BCUT2D eigenvalue weighted by Gasteiger charge is 1.98. The number of nitrogens with one attached hydrogen (secondary N) is 1. The van der Waals surface area contributed by atoms with Crippen molar-refractivity contribution in [2.45, 2.75) is 19.9 Å². The topological polar surface area (TPSA) is 81.8 Å². The third kappa shape index (κ3) is 13.8. The lowest BCUT2D eigenvalue weighted by atomic mass is 10.2. The molecule has 5 N–H and O–H groups in total. The molecule has 2 aromatic carbocycles. The first-order chi connectivity index (χ1) is 13.0. The van der Waals surface area contributed by atoms with Crippen LogP contribution in [0.5, 0.6) is 5.75 Å². The Morgan fingerprint density at radius 1 is 1.07 bits per heavy atom. The first-order valence-corrected chi connectivity index (χ1v) is 9.05. The Kier molecular flexibility index (Phi) is 15.0. The minimum Gasteiger partial charge on any atom is -0.508 e. The minimum absolute atomic E-state index is 0.0208. The van der Waals surface area contributed by atoms with Crippen molar-refractivity contribution in [2.75, 3.05) is 40.3 Å². The van der Waals surface area contributed by atoms with Gasteiger partial charge in [0.2, 0.25) is 0 Å². The molecule has 0 aliphatic carbocycles. The fourth-order valence-electron chi connectivity index (χ4n) is 2.31. The second-order valence-electron chi connectivity index (χ2n) is 6.10. The summed E-state index contributed by atoms with van der Waals surface area (Å²) in [5.74, 6) is -0.417. The summed E-state index contributed by atoms with van der Waals surface area (Å²) in [6.45, 7) is 6.63. The van der Waals surface area contributed by atoms with Crippen molar-refractivity contribution in [1.29, 1.82) is 0 Å². The fraction of sp³-hybridized carbons (Fsp3) is 0.429. The van der Waals surface area contributed by atoms with Gasteiger partial charge < -0.3 is 26.2 Å². The van der Waals surface area contributed by atoms with Gasteiger partial charge in [-0.1, -0.05) is 30.3 Å². The molecular weight excluding hydrogens is 345 g/mol. The Morgan fingerprint density at radius 3 is 2.30 bits per heavy atom. The predicted molar refractivity (Wildman–Crippen MR) is 110 cm³/mol. The number of aromatic hydroxyl groups is 1. The van der Waals surface area contributed by atoms with E-state index in [9.17, 15) is 4.39 Å². The standard InChI is InChI=1S/C13H23N3.C7H7FO.CH4O/c1-16(11-10-15-9-5-8-14)12-13-6-3-2-4-7-13;1-5-2-6(8)4-7(9)3-5;1-2/h2-4,6-7,15H,5,8-12,14H2,1H3;2-4,9H,1H3;2H,1H3. The minimum atomic E-state index is -0.396. The number of aliphatic hydroxyl groups is 1. The van der Waals surface area contributed by atoms with Crippen LogP contribution in [0.1, 0.15) is 17.5 Å². The molecule has 2 aromatic rings. The zero-order valence-corrected chi connectivity index (χ0v) is 16.7. The number of likely N-dealkylation sites (N-methyl/N-ethyl adjacent to an activating group) is 1. The maximum atomic E-state index is 12.3. The molecule has 0 saturated heterocycles. The van der Waals surface area contributed by atoms with E-state index in [1.165, 1.54) is 17.7 Å². The first-order valence-electron chi connectivity index (χ1n) is 9.05. The number of halogens is 1. The molecule has 0 radical (unpaired) electrons. The highest BCUT2D eigenvalue weighted by atomic mass is 19.1. The van der Waals surface area contributed by atoms with Crippen LogP contribution in [0.15, 0.2) is 48.5 Å². The van der Waals surface area contributed by atoms with E-state index in [0.29, 0.717) is 0 Å². The molecule has 27 heavy (non-hydrogen) atoms. The molecule has 0 amide bonds. The SMILES string of the molecule is CN(CCNCCCN)Cc1ccccc1.CO.Cc1cc(O)cc(F)c1. The summed E-state index contributed by atoms with van der Waals surface area (Å²) in [7, 11) is 3.15. The average molecular weight is 380 g/mol. The van der Waals surface area contributed by atoms with E-state index in [-0.39, 0.29) is 5.75 Å². The third-order valence-electron chi connectivity index (χ3n) is 3.55. The van der Waals surface area contributed by atoms with Crippen LogP contribution in [0.3, 0.4) is 0 Å². The van der Waals surface area contributed by atoms with Crippen LogP contribution < -0.4 is 11.1 Å². The van der Waals surface area contributed by atoms with Crippen LogP contribution in [0.2, 0.25) is 0 Å². The van der Waals surface area contributed by atoms with Crippen LogP contribution in [0, 0.1) is 12.7 Å². The van der Waals surface area contributed by atoms with Crippen molar-refractivity contribution in [2.24, 2.45) is 5.73 Å². The van der Waals surface area contributed by atoms with Gasteiger partial charge in [0.05, 0.1) is 0 Å². The van der Waals surface area contributed by atoms with Crippen molar-refractivity contribution in [3.63, 3.8) is 0 Å². The van der Waals surface area contributed by atoms with Gasteiger partial charge >= 0.3 is 0 Å². The molecule has 0 atom stereocenters. The van der Waals surface area contributed by atoms with Gasteiger partial charge in [-0.05, 0) is 56.7 Å². The van der Waals surface area contributed by atoms with Gasteiger partial charge in [0.1, 0.15) is 11.6 Å². The Morgan fingerprint density at radius 2 is 1.74 bits per heavy atom. The number of hydrogen-bond donors (Lipinski definition) is 4. The Hall–Kier alpha value is -1.99. The van der Waals surface area contributed by atoms with Crippen molar-refractivity contribution < 1.29 is 14.6 Å². The van der Waals surface area contributed by atoms with E-state index < -0.39 is 5.82 Å². The number of aliphatic hydroxyl groups excluding tert-OH is 1. The number of rotatable bonds is 8. The van der Waals surface area contributed by atoms with Gasteiger partial charge in [-0.3, -0.25) is 0 Å². The van der Waals surface area contributed by atoms with Crippen LogP contribution >= 0.6 is 0 Å². The summed E-state index contributed by atoms with van der Waals surface area (Å²) < 4.78 is 12.3. The van der Waals surface area contributed by atoms with Crippen molar-refractivity contribution >= 4 is 0 Å². The van der Waals surface area contributed by atoms with Crippen LogP contribution in [-0.4, -0.2) is 55.4 Å². The molecule has 152 valence electrons. The number of nitrogens with two attached hydrogens (primary N) is 1. The maximum absolute atomic E-state index is 12.3. The normalized spacial score (nSPS) is 9.89. The van der Waals surface area contributed by atoms with Gasteiger partial charge in [-0.25, -0.2) is 4.39 Å². The van der Waals surface area contributed by atoms with E-state index in [4.69, 9.17) is 15.9 Å². The predicted octanol–water partition coefficient (Wildman–Crippen LogP) is 2.51. The molecule has 0 aliphatic heterocycles. The van der Waals surface area contributed by atoms with Gasteiger partial charge in [0.15, 0.2) is 0 Å². The van der Waals surface area contributed by atoms with Crippen molar-refractivity contribution in [3.05, 3.63) is 65.5 Å². The molecule has 5 nitrogen and oxygen atoms in total. The largest absolute Gasteiger partial charge is 0.508 e. The average Bonchev–Trinajstić information content (AvgIpc) is 2.63. The summed E-state index contributed by atoms with van der Waals surface area (Å²) in [5.41, 5.74) is 7.52. The molecule has 0 aliphatic rings. The lowest BCUT2D eigenvalue weighted by molar-refractivity contribution is 0.324. The van der Waals surface area contributed by atoms with Crippen molar-refractivity contribution in [1.82, 2.24) is 10.2 Å². The van der Waals surface area contributed by atoms with Crippen LogP contribution in [-0.2, 0) is 6.54 Å². The molecule has 0 fully saturated rings. The summed E-state index contributed by atoms with van der Waals surface area (Å²) in [6, 6.07) is 14.5. The van der Waals surface area contributed by atoms with Gasteiger partial charge in [-0.15, -0.1) is 0 Å². The number of benzene rings is 2. The number of nitrogens with zero attached hydrogens (tertiary/aromatic N) is 1. The zero-order valence-electron chi connectivity index (χ0n) is 16.7. The summed E-state index contributed by atoms with van der Waals surface area (Å²) in [4.78, 5) is 2.32. The van der Waals surface area contributed by atoms with E-state index in [1.807, 2.05) is 0 Å². The highest BCUT2D eigenvalue weighted by molar-refractivity contribution is 5.26. The second-order valence-corrected chi connectivity index (χ2v) is 6.10. The zero-order chi connectivity index (χ0) is 20.5. The lowest BCUT2D eigenvalue weighted by Gasteiger charge is -2.16. The molecule has 2 rings (SSSR count).